The predicted molar refractivity (Wildman–Crippen MR) is 54.2 cm³/mol. The van der Waals surface area contributed by atoms with E-state index in [2.05, 4.69) is 12.6 Å². The first kappa shape index (κ1) is 22.5. The van der Waals surface area contributed by atoms with Gasteiger partial charge in [0.1, 0.15) is 0 Å². The molecule has 12 heavy (non-hydrogen) atoms. The van der Waals surface area contributed by atoms with E-state index in [1.807, 2.05) is 44.2 Å². The summed E-state index contributed by atoms with van der Waals surface area (Å²) < 4.78 is 0. The minimum atomic E-state index is 0. The molecule has 0 amide bonds. The van der Waals surface area contributed by atoms with Crippen molar-refractivity contribution in [2.75, 3.05) is 0 Å². The van der Waals surface area contributed by atoms with Crippen LogP contribution >= 0.6 is 12.6 Å². The number of rotatable bonds is 0. The highest BCUT2D eigenvalue weighted by atomic mass is 32.1. The van der Waals surface area contributed by atoms with Crippen LogP contribution in [0.4, 0.5) is 0 Å². The molecular weight excluding hydrogens is 176 g/mol. The van der Waals surface area contributed by atoms with E-state index < -0.39 is 0 Å². The Morgan fingerprint density at radius 3 is 1.42 bits per heavy atom. The molecule has 0 atom stereocenters. The van der Waals surface area contributed by atoms with E-state index in [0.717, 1.165) is 4.90 Å². The molecule has 0 saturated heterocycles. The summed E-state index contributed by atoms with van der Waals surface area (Å²) >= 11 is 4.08. The maximum atomic E-state index is 4.08. The van der Waals surface area contributed by atoms with Crippen molar-refractivity contribution in [2.45, 2.75) is 18.7 Å². The normalized spacial score (nSPS) is 5.58. The van der Waals surface area contributed by atoms with Crippen LogP contribution in [0.25, 0.3) is 0 Å². The summed E-state index contributed by atoms with van der Waals surface area (Å²) in [6.45, 7) is 4.00. The van der Waals surface area contributed by atoms with Gasteiger partial charge in [0.05, 0.1) is 0 Å². The Balaban J connectivity index is -0.0000000600. The lowest BCUT2D eigenvalue weighted by molar-refractivity contribution is 0.823. The SMILES string of the molecule is CC.O.O.Sc1ccccc1.[OH-]. The van der Waals surface area contributed by atoms with Gasteiger partial charge in [-0.3, -0.25) is 0 Å². The van der Waals surface area contributed by atoms with Gasteiger partial charge in [-0.05, 0) is 12.1 Å². The van der Waals surface area contributed by atoms with Gasteiger partial charge in [0.25, 0.3) is 0 Å². The van der Waals surface area contributed by atoms with Crippen LogP contribution in [0.15, 0.2) is 35.2 Å². The van der Waals surface area contributed by atoms with Gasteiger partial charge >= 0.3 is 0 Å². The molecule has 0 spiro atoms. The molecule has 0 radical (unpaired) electrons. The van der Waals surface area contributed by atoms with Gasteiger partial charge in [-0.1, -0.05) is 32.0 Å². The van der Waals surface area contributed by atoms with Crippen LogP contribution in [0.1, 0.15) is 13.8 Å². The Bertz CT molecular complexity index is 144. The lowest BCUT2D eigenvalue weighted by atomic mass is 10.4. The van der Waals surface area contributed by atoms with Gasteiger partial charge in [-0.25, -0.2) is 0 Å². The average molecular weight is 193 g/mol. The minimum Gasteiger partial charge on any atom is -0.870 e. The molecule has 1 aromatic carbocycles. The maximum absolute atomic E-state index is 4.08. The van der Waals surface area contributed by atoms with Crippen molar-refractivity contribution in [3.63, 3.8) is 0 Å². The highest BCUT2D eigenvalue weighted by Gasteiger charge is 1.73. The Labute approximate surface area is 78.8 Å². The van der Waals surface area contributed by atoms with Gasteiger partial charge in [-0.2, -0.15) is 0 Å². The van der Waals surface area contributed by atoms with Crippen LogP contribution in [0, 0.1) is 0 Å². The lowest BCUT2D eigenvalue weighted by Gasteiger charge is -1.81. The van der Waals surface area contributed by atoms with Crippen molar-refractivity contribution in [3.8, 4) is 0 Å². The summed E-state index contributed by atoms with van der Waals surface area (Å²) in [6, 6.07) is 9.79. The van der Waals surface area contributed by atoms with E-state index in [0.29, 0.717) is 0 Å². The predicted octanol–water partition coefficient (Wildman–Crippen LogP) is 1.18. The monoisotopic (exact) mass is 193 g/mol. The van der Waals surface area contributed by atoms with Crippen molar-refractivity contribution in [3.05, 3.63) is 30.3 Å². The summed E-state index contributed by atoms with van der Waals surface area (Å²) in [4.78, 5) is 1.02. The van der Waals surface area contributed by atoms with Gasteiger partial charge in [-0.15, -0.1) is 12.6 Å². The van der Waals surface area contributed by atoms with Crippen molar-refractivity contribution >= 4 is 12.6 Å². The molecule has 0 heterocycles. The third-order valence-corrected chi connectivity index (χ3v) is 1.05. The maximum Gasteiger partial charge on any atom is 0.00399 e. The van der Waals surface area contributed by atoms with E-state index in [1.54, 1.807) is 0 Å². The topological polar surface area (TPSA) is 93.0 Å². The van der Waals surface area contributed by atoms with E-state index >= 15 is 0 Å². The molecule has 0 saturated carbocycles. The molecule has 3 nitrogen and oxygen atoms in total. The molecule has 0 bridgehead atoms. The summed E-state index contributed by atoms with van der Waals surface area (Å²) in [5.74, 6) is 0. The zero-order valence-corrected chi connectivity index (χ0v) is 8.18. The quantitative estimate of drug-likeness (QED) is 0.615. The summed E-state index contributed by atoms with van der Waals surface area (Å²) in [6.07, 6.45) is 0. The molecule has 5 N–H and O–H groups in total. The van der Waals surface area contributed by atoms with Crippen LogP contribution in [-0.2, 0) is 0 Å². The molecule has 1 rings (SSSR count). The zero-order chi connectivity index (χ0) is 7.11. The molecule has 0 aromatic heterocycles. The van der Waals surface area contributed by atoms with Crippen LogP contribution in [0.3, 0.4) is 0 Å². The molecule has 4 heteroatoms. The van der Waals surface area contributed by atoms with Crippen molar-refractivity contribution < 1.29 is 16.4 Å². The largest absolute Gasteiger partial charge is 0.870 e. The van der Waals surface area contributed by atoms with Crippen LogP contribution in [0.2, 0.25) is 0 Å². The molecule has 0 aliphatic carbocycles. The van der Waals surface area contributed by atoms with Gasteiger partial charge in [0.2, 0.25) is 0 Å². The van der Waals surface area contributed by atoms with Crippen LogP contribution in [0.5, 0.6) is 0 Å². The second-order valence-corrected chi connectivity index (χ2v) is 1.85. The number of hydrogen-bond donors (Lipinski definition) is 1. The van der Waals surface area contributed by atoms with Crippen molar-refractivity contribution in [2.24, 2.45) is 0 Å². The smallest absolute Gasteiger partial charge is 0.00399 e. The summed E-state index contributed by atoms with van der Waals surface area (Å²) in [5, 5.41) is 0. The number of thiol groups is 1. The first-order valence-corrected chi connectivity index (χ1v) is 3.58. The number of benzene rings is 1. The molecule has 0 unspecified atom stereocenters. The molecule has 0 aliphatic heterocycles. The van der Waals surface area contributed by atoms with E-state index in [1.165, 1.54) is 0 Å². The first-order chi connectivity index (χ1) is 4.39. The second-order valence-electron chi connectivity index (χ2n) is 1.34. The van der Waals surface area contributed by atoms with Gasteiger partial charge < -0.3 is 16.4 Å². The van der Waals surface area contributed by atoms with Crippen LogP contribution in [-0.4, -0.2) is 16.4 Å². The Morgan fingerprint density at radius 2 is 1.25 bits per heavy atom. The fraction of sp³-hybridized carbons (Fsp3) is 0.250. The standard InChI is InChI=1S/C6H6S.C2H6.3H2O/c7-6-4-2-1-3-5-6;1-2;;;/h1-5,7H;1-2H3;3*1H2/p-1. The summed E-state index contributed by atoms with van der Waals surface area (Å²) in [5.41, 5.74) is 0. The Morgan fingerprint density at radius 1 is 0.917 bits per heavy atom. The highest BCUT2D eigenvalue weighted by molar-refractivity contribution is 7.80. The summed E-state index contributed by atoms with van der Waals surface area (Å²) in [7, 11) is 0. The van der Waals surface area contributed by atoms with E-state index in [9.17, 15) is 0 Å². The number of hydrogen-bond acceptors (Lipinski definition) is 2. The molecule has 0 fully saturated rings. The van der Waals surface area contributed by atoms with Gasteiger partial charge in [0, 0.05) is 4.90 Å². The molecule has 0 aliphatic rings. The Hall–Kier alpha value is -0.550. The molecule has 1 aromatic rings. The fourth-order valence-corrected chi connectivity index (χ4v) is 0.600. The fourth-order valence-electron chi connectivity index (χ4n) is 0.428. The third kappa shape index (κ3) is 12.2. The molecular formula is C8H17O3S-. The third-order valence-electron chi connectivity index (χ3n) is 0.756. The minimum absolute atomic E-state index is 0. The van der Waals surface area contributed by atoms with Crippen LogP contribution < -0.4 is 0 Å². The molecule has 74 valence electrons. The van der Waals surface area contributed by atoms with Crippen molar-refractivity contribution in [1.29, 1.82) is 0 Å². The van der Waals surface area contributed by atoms with Crippen molar-refractivity contribution in [1.82, 2.24) is 0 Å². The van der Waals surface area contributed by atoms with Gasteiger partial charge in [0.15, 0.2) is 0 Å². The van der Waals surface area contributed by atoms with E-state index in [4.69, 9.17) is 0 Å². The Kier molecular flexibility index (Phi) is 31.6. The second kappa shape index (κ2) is 16.8. The van der Waals surface area contributed by atoms with E-state index in [-0.39, 0.29) is 16.4 Å². The lowest BCUT2D eigenvalue weighted by Crippen LogP contribution is -1.56. The zero-order valence-electron chi connectivity index (χ0n) is 7.28. The highest BCUT2D eigenvalue weighted by Crippen LogP contribution is 2.00. The average Bonchev–Trinajstić information content (AvgIpc) is 1.94. The first-order valence-electron chi connectivity index (χ1n) is 3.13.